The smallest absolute Gasteiger partial charge is 0.196 e. The van der Waals surface area contributed by atoms with Gasteiger partial charge in [-0.3, -0.25) is 4.79 Å². The first-order chi connectivity index (χ1) is 8.63. The number of ether oxygens (including phenoxy) is 1. The fraction of sp³-hybridized carbons (Fsp3) is 0.0714. The number of methoxy groups -OCH3 is 1. The summed E-state index contributed by atoms with van der Waals surface area (Å²) in [5, 5.41) is 0. The highest BCUT2D eigenvalue weighted by atomic mass is 32.1. The first-order valence-corrected chi connectivity index (χ1v) is 6.22. The molecule has 0 saturated carbocycles. The molecule has 18 heavy (non-hydrogen) atoms. The van der Waals surface area contributed by atoms with Crippen LogP contribution in [0.25, 0.3) is 0 Å². The summed E-state index contributed by atoms with van der Waals surface area (Å²) < 4.78 is 5.23. The number of carbonyl (C=O) groups excluding carboxylic acids is 1. The molecule has 0 aromatic heterocycles. The number of rotatable bonds is 3. The largest absolute Gasteiger partial charge is 0.495 e. The molecule has 0 fully saturated rings. The molecule has 2 nitrogen and oxygen atoms in total. The van der Waals surface area contributed by atoms with E-state index in [9.17, 15) is 4.79 Å². The van der Waals surface area contributed by atoms with E-state index in [0.29, 0.717) is 21.8 Å². The second-order valence-corrected chi connectivity index (χ2v) is 4.74. The lowest BCUT2D eigenvalue weighted by atomic mass is 10.0. The summed E-state index contributed by atoms with van der Waals surface area (Å²) in [4.78, 5) is 13.8. The van der Waals surface area contributed by atoms with Crippen LogP contribution in [-0.2, 0) is 0 Å². The third-order valence-corrected chi connectivity index (χ3v) is 3.18. The van der Waals surface area contributed by atoms with E-state index in [2.05, 4.69) is 25.3 Å². The molecule has 0 unspecified atom stereocenters. The Balaban J connectivity index is 2.49. The van der Waals surface area contributed by atoms with E-state index in [1.165, 1.54) is 7.11 Å². The van der Waals surface area contributed by atoms with Crippen LogP contribution in [0.1, 0.15) is 15.9 Å². The molecular weight excluding hydrogens is 264 g/mol. The second kappa shape index (κ2) is 5.50. The molecule has 0 saturated heterocycles. The van der Waals surface area contributed by atoms with E-state index in [0.717, 1.165) is 4.90 Å². The second-order valence-electron chi connectivity index (χ2n) is 3.74. The van der Waals surface area contributed by atoms with Crippen LogP contribution >= 0.6 is 25.3 Å². The van der Waals surface area contributed by atoms with E-state index >= 15 is 0 Å². The molecule has 0 aliphatic carbocycles. The zero-order chi connectivity index (χ0) is 13.1. The zero-order valence-electron chi connectivity index (χ0n) is 9.75. The number of carbonyl (C=O) groups is 1. The van der Waals surface area contributed by atoms with Gasteiger partial charge in [0.05, 0.1) is 12.7 Å². The van der Waals surface area contributed by atoms with Gasteiger partial charge in [0.15, 0.2) is 5.78 Å². The molecule has 0 N–H and O–H groups in total. The minimum Gasteiger partial charge on any atom is -0.495 e. The molecule has 0 heterocycles. The third-order valence-electron chi connectivity index (χ3n) is 2.55. The highest BCUT2D eigenvalue weighted by molar-refractivity contribution is 7.80. The van der Waals surface area contributed by atoms with Crippen molar-refractivity contribution in [2.24, 2.45) is 0 Å². The van der Waals surface area contributed by atoms with Crippen molar-refractivity contribution >= 4 is 31.0 Å². The monoisotopic (exact) mass is 276 g/mol. The average Bonchev–Trinajstić information content (AvgIpc) is 2.37. The minimum absolute atomic E-state index is 0.0985. The molecule has 2 rings (SSSR count). The molecule has 0 aliphatic heterocycles. The maximum Gasteiger partial charge on any atom is 0.196 e. The van der Waals surface area contributed by atoms with Gasteiger partial charge in [0, 0.05) is 15.4 Å². The summed E-state index contributed by atoms with van der Waals surface area (Å²) in [6.45, 7) is 0. The zero-order valence-corrected chi connectivity index (χ0v) is 11.5. The quantitative estimate of drug-likeness (QED) is 0.663. The van der Waals surface area contributed by atoms with Crippen molar-refractivity contribution in [2.45, 2.75) is 9.79 Å². The van der Waals surface area contributed by atoms with Gasteiger partial charge in [-0.15, -0.1) is 25.3 Å². The number of hydrogen-bond donors (Lipinski definition) is 2. The van der Waals surface area contributed by atoms with E-state index in [4.69, 9.17) is 4.74 Å². The Morgan fingerprint density at radius 2 is 1.83 bits per heavy atom. The Bertz CT molecular complexity index is 594. The van der Waals surface area contributed by atoms with Crippen molar-refractivity contribution in [3.05, 3.63) is 53.6 Å². The molecular formula is C14H12O2S2. The van der Waals surface area contributed by atoms with Crippen molar-refractivity contribution in [1.29, 1.82) is 0 Å². The summed E-state index contributed by atoms with van der Waals surface area (Å²) in [7, 11) is 1.53. The van der Waals surface area contributed by atoms with Crippen LogP contribution in [0, 0.1) is 0 Å². The first kappa shape index (κ1) is 13.1. The van der Waals surface area contributed by atoms with Crippen molar-refractivity contribution in [2.75, 3.05) is 7.11 Å². The predicted octanol–water partition coefficient (Wildman–Crippen LogP) is 3.50. The maximum absolute atomic E-state index is 12.4. The Labute approximate surface area is 117 Å². The standard InChI is InChI=1S/C14H12O2S2/c1-16-14-11(6-3-7-12(14)18)13(15)9-4-2-5-10(17)8-9/h2-8,17-18H,1H3. The van der Waals surface area contributed by atoms with Crippen LogP contribution in [0.2, 0.25) is 0 Å². The molecule has 0 radical (unpaired) electrons. The SMILES string of the molecule is COc1c(S)cccc1C(=O)c1cccc(S)c1. The van der Waals surface area contributed by atoms with Crippen molar-refractivity contribution < 1.29 is 9.53 Å². The molecule has 0 bridgehead atoms. The molecule has 0 aliphatic rings. The van der Waals surface area contributed by atoms with Crippen molar-refractivity contribution in [3.8, 4) is 5.75 Å². The van der Waals surface area contributed by atoms with E-state index in [1.54, 1.807) is 36.4 Å². The highest BCUT2D eigenvalue weighted by Gasteiger charge is 2.16. The number of para-hydroxylation sites is 1. The van der Waals surface area contributed by atoms with Gasteiger partial charge >= 0.3 is 0 Å². The van der Waals surface area contributed by atoms with Crippen LogP contribution in [0.5, 0.6) is 5.75 Å². The van der Waals surface area contributed by atoms with Crippen LogP contribution < -0.4 is 4.74 Å². The summed E-state index contributed by atoms with van der Waals surface area (Å²) in [6, 6.07) is 12.4. The molecule has 2 aromatic carbocycles. The summed E-state index contributed by atoms with van der Waals surface area (Å²) in [5.74, 6) is 0.397. The predicted molar refractivity (Wildman–Crippen MR) is 77.4 cm³/mol. The molecule has 0 amide bonds. The third kappa shape index (κ3) is 2.54. The van der Waals surface area contributed by atoms with Crippen LogP contribution in [-0.4, -0.2) is 12.9 Å². The first-order valence-electron chi connectivity index (χ1n) is 5.33. The van der Waals surface area contributed by atoms with Crippen LogP contribution in [0.4, 0.5) is 0 Å². The maximum atomic E-state index is 12.4. The van der Waals surface area contributed by atoms with Gasteiger partial charge < -0.3 is 4.74 Å². The number of hydrogen-bond acceptors (Lipinski definition) is 4. The lowest BCUT2D eigenvalue weighted by Gasteiger charge is -2.10. The van der Waals surface area contributed by atoms with Gasteiger partial charge in [-0.05, 0) is 24.3 Å². The highest BCUT2D eigenvalue weighted by Crippen LogP contribution is 2.28. The molecule has 0 spiro atoms. The number of benzene rings is 2. The van der Waals surface area contributed by atoms with Gasteiger partial charge in [-0.25, -0.2) is 0 Å². The Morgan fingerprint density at radius 3 is 2.50 bits per heavy atom. The minimum atomic E-state index is -0.0985. The van der Waals surface area contributed by atoms with Gasteiger partial charge in [-0.2, -0.15) is 0 Å². The Kier molecular flexibility index (Phi) is 3.99. The topological polar surface area (TPSA) is 26.3 Å². The molecule has 2 aromatic rings. The van der Waals surface area contributed by atoms with Crippen LogP contribution in [0.3, 0.4) is 0 Å². The van der Waals surface area contributed by atoms with E-state index in [1.807, 2.05) is 6.07 Å². The summed E-state index contributed by atoms with van der Waals surface area (Å²) in [6.07, 6.45) is 0. The van der Waals surface area contributed by atoms with E-state index < -0.39 is 0 Å². The lowest BCUT2D eigenvalue weighted by molar-refractivity contribution is 0.103. The van der Waals surface area contributed by atoms with Crippen molar-refractivity contribution in [3.63, 3.8) is 0 Å². The number of ketones is 1. The Morgan fingerprint density at radius 1 is 1.11 bits per heavy atom. The van der Waals surface area contributed by atoms with Crippen LogP contribution in [0.15, 0.2) is 52.3 Å². The average molecular weight is 276 g/mol. The summed E-state index contributed by atoms with van der Waals surface area (Å²) >= 11 is 8.51. The fourth-order valence-electron chi connectivity index (χ4n) is 1.72. The van der Waals surface area contributed by atoms with Crippen molar-refractivity contribution in [1.82, 2.24) is 0 Å². The molecule has 92 valence electrons. The normalized spacial score (nSPS) is 10.2. The lowest BCUT2D eigenvalue weighted by Crippen LogP contribution is -2.04. The van der Waals surface area contributed by atoms with Gasteiger partial charge in [0.1, 0.15) is 5.75 Å². The number of thiol groups is 2. The fourth-order valence-corrected chi connectivity index (χ4v) is 2.24. The van der Waals surface area contributed by atoms with Gasteiger partial charge in [-0.1, -0.05) is 18.2 Å². The summed E-state index contributed by atoms with van der Waals surface area (Å²) in [5.41, 5.74) is 1.09. The van der Waals surface area contributed by atoms with E-state index in [-0.39, 0.29) is 5.78 Å². The van der Waals surface area contributed by atoms with Gasteiger partial charge in [0.25, 0.3) is 0 Å². The molecule has 0 atom stereocenters. The van der Waals surface area contributed by atoms with Gasteiger partial charge in [0.2, 0.25) is 0 Å². The molecule has 4 heteroatoms. The Hall–Kier alpha value is -1.39.